The Bertz CT molecular complexity index is 124. The van der Waals surface area contributed by atoms with Crippen LogP contribution in [0.2, 0.25) is 0 Å². The molecular formula is C8H14O4. The van der Waals surface area contributed by atoms with E-state index in [4.69, 9.17) is 20.1 Å². The standard InChI is InChI=1S/C6H12O4.C2H2/c7-3-5-1-4(8)2-6(9)10-5;1-2/h4-9H,1-3H2;1-2H. The summed E-state index contributed by atoms with van der Waals surface area (Å²) in [6.45, 7) is -0.145. The van der Waals surface area contributed by atoms with Crippen LogP contribution in [0, 0.1) is 12.8 Å². The first-order valence-corrected chi connectivity index (χ1v) is 3.68. The summed E-state index contributed by atoms with van der Waals surface area (Å²) in [6, 6.07) is 0. The van der Waals surface area contributed by atoms with Gasteiger partial charge in [0.15, 0.2) is 6.29 Å². The summed E-state index contributed by atoms with van der Waals surface area (Å²) >= 11 is 0. The van der Waals surface area contributed by atoms with E-state index in [0.717, 1.165) is 0 Å². The summed E-state index contributed by atoms with van der Waals surface area (Å²) in [7, 11) is 0. The molecule has 4 nitrogen and oxygen atoms in total. The van der Waals surface area contributed by atoms with Crippen molar-refractivity contribution in [3.63, 3.8) is 0 Å². The highest BCUT2D eigenvalue weighted by Crippen LogP contribution is 2.17. The summed E-state index contributed by atoms with van der Waals surface area (Å²) < 4.78 is 4.85. The molecule has 1 rings (SSSR count). The summed E-state index contributed by atoms with van der Waals surface area (Å²) in [6.07, 6.45) is 6.80. The van der Waals surface area contributed by atoms with Gasteiger partial charge in [-0.2, -0.15) is 0 Å². The fourth-order valence-electron chi connectivity index (χ4n) is 1.08. The van der Waals surface area contributed by atoms with Gasteiger partial charge >= 0.3 is 0 Å². The van der Waals surface area contributed by atoms with Crippen molar-refractivity contribution in [1.82, 2.24) is 0 Å². The van der Waals surface area contributed by atoms with E-state index >= 15 is 0 Å². The average molecular weight is 174 g/mol. The maximum Gasteiger partial charge on any atom is 0.157 e. The first kappa shape index (κ1) is 11.4. The number of ether oxygens (including phenoxy) is 1. The molecule has 3 unspecified atom stereocenters. The molecule has 1 fully saturated rings. The number of aliphatic hydroxyl groups is 3. The predicted octanol–water partition coefficient (Wildman–Crippen LogP) is -0.914. The van der Waals surface area contributed by atoms with Crippen molar-refractivity contribution in [2.24, 2.45) is 0 Å². The van der Waals surface area contributed by atoms with Crippen LogP contribution in [0.1, 0.15) is 12.8 Å². The molecule has 0 saturated carbocycles. The minimum absolute atomic E-state index is 0.145. The average Bonchev–Trinajstić information content (AvgIpc) is 2.06. The summed E-state index contributed by atoms with van der Waals surface area (Å²) in [5.41, 5.74) is 0. The number of rotatable bonds is 1. The van der Waals surface area contributed by atoms with E-state index in [0.29, 0.717) is 6.42 Å². The van der Waals surface area contributed by atoms with Crippen LogP contribution in [0.25, 0.3) is 0 Å². The van der Waals surface area contributed by atoms with E-state index in [2.05, 4.69) is 12.8 Å². The van der Waals surface area contributed by atoms with Crippen LogP contribution in [0.3, 0.4) is 0 Å². The van der Waals surface area contributed by atoms with E-state index in [1.54, 1.807) is 0 Å². The van der Waals surface area contributed by atoms with Gasteiger partial charge < -0.3 is 20.1 Å². The second-order valence-electron chi connectivity index (χ2n) is 2.52. The maximum atomic E-state index is 9.03. The van der Waals surface area contributed by atoms with Crippen LogP contribution < -0.4 is 0 Å². The Labute approximate surface area is 71.8 Å². The summed E-state index contributed by atoms with van der Waals surface area (Å²) in [4.78, 5) is 0. The lowest BCUT2D eigenvalue weighted by atomic mass is 10.1. The Balaban J connectivity index is 0.000000561. The van der Waals surface area contributed by atoms with E-state index in [1.807, 2.05) is 0 Å². The van der Waals surface area contributed by atoms with Gasteiger partial charge in [-0.25, -0.2) is 0 Å². The van der Waals surface area contributed by atoms with Gasteiger partial charge in [-0.15, -0.1) is 12.8 Å². The van der Waals surface area contributed by atoms with Gasteiger partial charge in [-0.1, -0.05) is 0 Å². The quantitative estimate of drug-likeness (QED) is 0.450. The van der Waals surface area contributed by atoms with Crippen LogP contribution in [-0.4, -0.2) is 40.4 Å². The first-order chi connectivity index (χ1) is 5.72. The van der Waals surface area contributed by atoms with Gasteiger partial charge in [0.1, 0.15) is 0 Å². The Kier molecular flexibility index (Phi) is 5.68. The van der Waals surface area contributed by atoms with E-state index in [1.165, 1.54) is 0 Å². The SMILES string of the molecule is C#C.OCC1CC(O)CC(O)O1. The Morgan fingerprint density at radius 2 is 1.83 bits per heavy atom. The smallest absolute Gasteiger partial charge is 0.157 e. The molecule has 0 aromatic carbocycles. The van der Waals surface area contributed by atoms with Crippen molar-refractivity contribution in [3.8, 4) is 12.8 Å². The zero-order valence-corrected chi connectivity index (χ0v) is 6.76. The van der Waals surface area contributed by atoms with Crippen LogP contribution in [-0.2, 0) is 4.74 Å². The molecule has 0 radical (unpaired) electrons. The Morgan fingerprint density at radius 3 is 2.25 bits per heavy atom. The summed E-state index contributed by atoms with van der Waals surface area (Å²) in [5.74, 6) is 0. The number of hydrogen-bond donors (Lipinski definition) is 3. The third-order valence-electron chi connectivity index (χ3n) is 1.56. The summed E-state index contributed by atoms with van der Waals surface area (Å²) in [5, 5.41) is 26.5. The second-order valence-corrected chi connectivity index (χ2v) is 2.52. The number of hydrogen-bond acceptors (Lipinski definition) is 4. The van der Waals surface area contributed by atoms with Crippen LogP contribution in [0.5, 0.6) is 0 Å². The van der Waals surface area contributed by atoms with Crippen LogP contribution in [0.15, 0.2) is 0 Å². The zero-order valence-electron chi connectivity index (χ0n) is 6.76. The van der Waals surface area contributed by atoms with Gasteiger partial charge in [0.05, 0.1) is 18.8 Å². The fourth-order valence-corrected chi connectivity index (χ4v) is 1.08. The van der Waals surface area contributed by atoms with Gasteiger partial charge in [0, 0.05) is 12.8 Å². The molecule has 70 valence electrons. The molecule has 0 bridgehead atoms. The zero-order chi connectivity index (χ0) is 9.56. The largest absolute Gasteiger partial charge is 0.394 e. The molecule has 0 aromatic heterocycles. The number of aliphatic hydroxyl groups excluding tert-OH is 3. The fraction of sp³-hybridized carbons (Fsp3) is 0.750. The van der Waals surface area contributed by atoms with E-state index in [-0.39, 0.29) is 13.0 Å². The van der Waals surface area contributed by atoms with Gasteiger partial charge in [0.25, 0.3) is 0 Å². The predicted molar refractivity (Wildman–Crippen MR) is 43.1 cm³/mol. The third kappa shape index (κ3) is 3.69. The molecule has 4 heteroatoms. The molecule has 0 amide bonds. The molecule has 1 aliphatic rings. The van der Waals surface area contributed by atoms with Crippen molar-refractivity contribution in [2.75, 3.05) is 6.61 Å². The second kappa shape index (κ2) is 5.98. The Morgan fingerprint density at radius 1 is 1.25 bits per heavy atom. The molecule has 0 spiro atoms. The van der Waals surface area contributed by atoms with Crippen LogP contribution in [0.4, 0.5) is 0 Å². The molecule has 1 heterocycles. The highest BCUT2D eigenvalue weighted by Gasteiger charge is 2.25. The maximum absolute atomic E-state index is 9.03. The lowest BCUT2D eigenvalue weighted by Gasteiger charge is -2.28. The molecule has 12 heavy (non-hydrogen) atoms. The highest BCUT2D eigenvalue weighted by atomic mass is 16.6. The van der Waals surface area contributed by atoms with E-state index in [9.17, 15) is 0 Å². The minimum Gasteiger partial charge on any atom is -0.394 e. The molecule has 0 aromatic rings. The van der Waals surface area contributed by atoms with Crippen molar-refractivity contribution in [3.05, 3.63) is 0 Å². The highest BCUT2D eigenvalue weighted by molar-refractivity contribution is 4.71. The van der Waals surface area contributed by atoms with Crippen LogP contribution >= 0.6 is 0 Å². The monoisotopic (exact) mass is 174 g/mol. The molecule has 1 aliphatic heterocycles. The molecule has 3 atom stereocenters. The van der Waals surface area contributed by atoms with Crippen molar-refractivity contribution in [1.29, 1.82) is 0 Å². The number of terminal acetylenes is 1. The van der Waals surface area contributed by atoms with Gasteiger partial charge in [-0.05, 0) is 0 Å². The van der Waals surface area contributed by atoms with Crippen molar-refractivity contribution in [2.45, 2.75) is 31.3 Å². The van der Waals surface area contributed by atoms with Gasteiger partial charge in [-0.3, -0.25) is 0 Å². The van der Waals surface area contributed by atoms with Crippen molar-refractivity contribution >= 4 is 0 Å². The van der Waals surface area contributed by atoms with Gasteiger partial charge in [0.2, 0.25) is 0 Å². The molecule has 1 saturated heterocycles. The molecular weight excluding hydrogens is 160 g/mol. The van der Waals surface area contributed by atoms with E-state index < -0.39 is 18.5 Å². The normalized spacial score (nSPS) is 34.9. The Hall–Kier alpha value is -0.600. The lowest BCUT2D eigenvalue weighted by molar-refractivity contribution is -0.197. The first-order valence-electron chi connectivity index (χ1n) is 3.68. The lowest BCUT2D eigenvalue weighted by Crippen LogP contribution is -2.37. The third-order valence-corrected chi connectivity index (χ3v) is 1.56. The molecule has 3 N–H and O–H groups in total. The minimum atomic E-state index is -0.916. The molecule has 0 aliphatic carbocycles. The van der Waals surface area contributed by atoms with Crippen molar-refractivity contribution < 1.29 is 20.1 Å². The topological polar surface area (TPSA) is 69.9 Å².